The largest absolute Gasteiger partial charge is 0.384 e. The molecule has 1 amide bonds. The van der Waals surface area contributed by atoms with Crippen molar-refractivity contribution in [1.29, 1.82) is 5.41 Å². The Balaban J connectivity index is 2.04. The molecule has 0 unspecified atom stereocenters. The lowest BCUT2D eigenvalue weighted by Crippen LogP contribution is -2.16. The van der Waals surface area contributed by atoms with Crippen molar-refractivity contribution < 1.29 is 22.2 Å². The normalized spacial score (nSPS) is 11.0. The van der Waals surface area contributed by atoms with Crippen molar-refractivity contribution in [3.8, 4) is 11.1 Å². The quantitative estimate of drug-likeness (QED) is 0.277. The summed E-state index contributed by atoms with van der Waals surface area (Å²) in [5.74, 6) is -1.52. The van der Waals surface area contributed by atoms with Gasteiger partial charge >= 0.3 is 16.1 Å². The zero-order valence-corrected chi connectivity index (χ0v) is 18.9. The molecule has 0 aromatic heterocycles. The summed E-state index contributed by atoms with van der Waals surface area (Å²) in [7, 11) is -4.01. The highest BCUT2D eigenvalue weighted by Crippen LogP contribution is 2.30. The second-order valence-electron chi connectivity index (χ2n) is 7.30. The van der Waals surface area contributed by atoms with Crippen LogP contribution in [0.25, 0.3) is 11.1 Å². The first kappa shape index (κ1) is 23.7. The molecule has 0 radical (unpaired) electrons. The average molecular weight is 466 g/mol. The molecule has 0 aliphatic heterocycles. The summed E-state index contributed by atoms with van der Waals surface area (Å²) in [6.07, 6.45) is 1.48. The van der Waals surface area contributed by atoms with Gasteiger partial charge in [-0.3, -0.25) is 10.2 Å². The van der Waals surface area contributed by atoms with E-state index in [0.717, 1.165) is 11.8 Å². The molecule has 0 spiro atoms. The van der Waals surface area contributed by atoms with Gasteiger partial charge in [0.15, 0.2) is 0 Å². The van der Waals surface area contributed by atoms with E-state index in [4.69, 9.17) is 11.1 Å². The summed E-state index contributed by atoms with van der Waals surface area (Å²) >= 11 is 0. The number of carbonyl (C=O) groups excluding carboxylic acids is 2. The first-order valence-electron chi connectivity index (χ1n) is 10.0. The minimum Gasteiger partial charge on any atom is -0.384 e. The summed E-state index contributed by atoms with van der Waals surface area (Å²) in [6.45, 7) is 1.95. The van der Waals surface area contributed by atoms with Crippen LogP contribution in [0.1, 0.15) is 38.8 Å². The molecule has 0 heterocycles. The maximum atomic E-state index is 13.2. The number of nitrogens with one attached hydrogen (secondary N) is 2. The second kappa shape index (κ2) is 9.66. The molecule has 3 aromatic rings. The number of aryl methyl sites for hydroxylation is 1. The fourth-order valence-corrected chi connectivity index (χ4v) is 3.61. The minimum absolute atomic E-state index is 0.0204. The topological polar surface area (TPSA) is 139 Å². The number of benzene rings is 3. The fourth-order valence-electron chi connectivity index (χ4n) is 3.24. The van der Waals surface area contributed by atoms with E-state index in [1.165, 1.54) is 6.07 Å². The smallest absolute Gasteiger partial charge is 0.354 e. The SMILES string of the molecule is CCc1ccc(-c2ccccc2C(=O)OS(C)(=O)=O)c(C(=O)Nc2ccc(C(=N)N)cc2)c1. The highest BCUT2D eigenvalue weighted by atomic mass is 32.2. The Hall–Kier alpha value is -3.98. The number of hydrogen-bond donors (Lipinski definition) is 3. The molecular weight excluding hydrogens is 442 g/mol. The van der Waals surface area contributed by atoms with Gasteiger partial charge in [-0.2, -0.15) is 8.42 Å². The van der Waals surface area contributed by atoms with Crippen LogP contribution in [-0.4, -0.2) is 32.4 Å². The van der Waals surface area contributed by atoms with Gasteiger partial charge in [0.1, 0.15) is 5.84 Å². The van der Waals surface area contributed by atoms with E-state index in [2.05, 4.69) is 9.50 Å². The summed E-state index contributed by atoms with van der Waals surface area (Å²) in [4.78, 5) is 25.7. The third-order valence-corrected chi connectivity index (χ3v) is 5.31. The zero-order valence-electron chi connectivity index (χ0n) is 18.1. The van der Waals surface area contributed by atoms with Crippen molar-refractivity contribution in [1.82, 2.24) is 0 Å². The molecule has 0 aliphatic carbocycles. The number of hydrogen-bond acceptors (Lipinski definition) is 6. The van der Waals surface area contributed by atoms with Gasteiger partial charge in [-0.1, -0.05) is 37.3 Å². The van der Waals surface area contributed by atoms with Gasteiger partial charge in [0, 0.05) is 16.8 Å². The Labute approximate surface area is 192 Å². The number of nitrogens with two attached hydrogens (primary N) is 1. The number of amidine groups is 1. The molecule has 33 heavy (non-hydrogen) atoms. The van der Waals surface area contributed by atoms with E-state index >= 15 is 0 Å². The fraction of sp³-hybridized carbons (Fsp3) is 0.125. The predicted molar refractivity (Wildman–Crippen MR) is 127 cm³/mol. The standard InChI is InChI=1S/C24H23N3O5S/c1-3-15-8-13-19(18-6-4-5-7-20(18)24(29)32-33(2,30)31)21(14-15)23(28)27-17-11-9-16(10-12-17)22(25)26/h4-14H,3H2,1-2H3,(H3,25,26)(H,27,28). The Morgan fingerprint density at radius 2 is 1.61 bits per heavy atom. The monoisotopic (exact) mass is 465 g/mol. The lowest BCUT2D eigenvalue weighted by atomic mass is 9.93. The molecule has 0 saturated heterocycles. The highest BCUT2D eigenvalue weighted by Gasteiger charge is 2.22. The van der Waals surface area contributed by atoms with Crippen molar-refractivity contribution >= 4 is 33.5 Å². The predicted octanol–water partition coefficient (Wildman–Crippen LogP) is 3.57. The van der Waals surface area contributed by atoms with Crippen LogP contribution in [0, 0.1) is 5.41 Å². The molecule has 0 fully saturated rings. The van der Waals surface area contributed by atoms with Crippen molar-refractivity contribution in [2.45, 2.75) is 13.3 Å². The molecule has 4 N–H and O–H groups in total. The van der Waals surface area contributed by atoms with Crippen LogP contribution >= 0.6 is 0 Å². The summed E-state index contributed by atoms with van der Waals surface area (Å²) in [6, 6.07) is 18.1. The van der Waals surface area contributed by atoms with Gasteiger partial charge in [0.25, 0.3) is 5.91 Å². The lowest BCUT2D eigenvalue weighted by Gasteiger charge is -2.15. The van der Waals surface area contributed by atoms with Crippen LogP contribution in [0.15, 0.2) is 66.7 Å². The Morgan fingerprint density at radius 1 is 0.970 bits per heavy atom. The van der Waals surface area contributed by atoms with E-state index in [1.54, 1.807) is 54.6 Å². The van der Waals surface area contributed by atoms with E-state index in [1.807, 2.05) is 13.0 Å². The lowest BCUT2D eigenvalue weighted by molar-refractivity contribution is 0.0748. The van der Waals surface area contributed by atoms with Crippen molar-refractivity contribution in [2.75, 3.05) is 11.6 Å². The van der Waals surface area contributed by atoms with Crippen LogP contribution < -0.4 is 11.1 Å². The Morgan fingerprint density at radius 3 is 2.21 bits per heavy atom. The number of anilines is 1. The highest BCUT2D eigenvalue weighted by molar-refractivity contribution is 7.86. The third-order valence-electron chi connectivity index (χ3n) is 4.85. The number of rotatable bonds is 7. The van der Waals surface area contributed by atoms with Crippen molar-refractivity contribution in [2.24, 2.45) is 5.73 Å². The van der Waals surface area contributed by atoms with Crippen LogP contribution in [0.5, 0.6) is 0 Å². The summed E-state index contributed by atoms with van der Waals surface area (Å²) in [5, 5.41) is 10.3. The second-order valence-corrected chi connectivity index (χ2v) is 8.87. The molecule has 170 valence electrons. The van der Waals surface area contributed by atoms with Crippen LogP contribution in [0.3, 0.4) is 0 Å². The third kappa shape index (κ3) is 5.83. The van der Waals surface area contributed by atoms with Gasteiger partial charge in [-0.05, 0) is 59.5 Å². The molecular formula is C24H23N3O5S. The number of carbonyl (C=O) groups is 2. The maximum absolute atomic E-state index is 13.2. The van der Waals surface area contributed by atoms with Crippen molar-refractivity contribution in [3.05, 3.63) is 89.0 Å². The van der Waals surface area contributed by atoms with Crippen LogP contribution in [0.2, 0.25) is 0 Å². The van der Waals surface area contributed by atoms with Gasteiger partial charge < -0.3 is 15.2 Å². The molecule has 8 nitrogen and oxygen atoms in total. The molecule has 0 bridgehead atoms. The molecule has 9 heteroatoms. The Kier molecular flexibility index (Phi) is 6.93. The molecule has 3 rings (SSSR count). The van der Waals surface area contributed by atoms with E-state index < -0.39 is 22.0 Å². The zero-order chi connectivity index (χ0) is 24.2. The Bertz CT molecular complexity index is 1330. The van der Waals surface area contributed by atoms with Crippen LogP contribution in [0.4, 0.5) is 5.69 Å². The first-order chi connectivity index (χ1) is 15.6. The van der Waals surface area contributed by atoms with Crippen LogP contribution in [-0.2, 0) is 20.7 Å². The van der Waals surface area contributed by atoms with Gasteiger partial charge in [0.2, 0.25) is 0 Å². The maximum Gasteiger partial charge on any atom is 0.354 e. The van der Waals surface area contributed by atoms with E-state index in [9.17, 15) is 18.0 Å². The minimum atomic E-state index is -4.01. The molecule has 0 saturated carbocycles. The van der Waals surface area contributed by atoms with Gasteiger partial charge in [-0.25, -0.2) is 4.79 Å². The van der Waals surface area contributed by atoms with Crippen molar-refractivity contribution in [3.63, 3.8) is 0 Å². The van der Waals surface area contributed by atoms with Gasteiger partial charge in [-0.15, -0.1) is 0 Å². The number of amides is 1. The molecule has 0 aliphatic rings. The van der Waals surface area contributed by atoms with E-state index in [-0.39, 0.29) is 11.4 Å². The summed E-state index contributed by atoms with van der Waals surface area (Å²) in [5.41, 5.74) is 8.56. The van der Waals surface area contributed by atoms with E-state index in [0.29, 0.717) is 34.4 Å². The average Bonchev–Trinajstić information content (AvgIpc) is 2.78. The molecule has 3 aromatic carbocycles. The first-order valence-corrected chi connectivity index (χ1v) is 11.8. The number of nitrogen functional groups attached to an aromatic ring is 1. The summed E-state index contributed by atoms with van der Waals surface area (Å²) < 4.78 is 27.5. The molecule has 0 atom stereocenters. The van der Waals surface area contributed by atoms with Gasteiger partial charge in [0.05, 0.1) is 11.8 Å².